The van der Waals surface area contributed by atoms with Gasteiger partial charge in [0, 0.05) is 43.8 Å². The third-order valence-electron chi connectivity index (χ3n) is 4.74. The molecule has 1 saturated heterocycles. The monoisotopic (exact) mass is 357 g/mol. The Bertz CT molecular complexity index is 690. The fourth-order valence-corrected chi connectivity index (χ4v) is 4.62. The van der Waals surface area contributed by atoms with Crippen molar-refractivity contribution >= 4 is 17.2 Å². The zero-order valence-corrected chi connectivity index (χ0v) is 16.0. The molecule has 0 spiro atoms. The summed E-state index contributed by atoms with van der Waals surface area (Å²) in [6.07, 6.45) is 5.06. The number of aryl methyl sites for hydroxylation is 2. The Morgan fingerprint density at radius 2 is 2.00 bits per heavy atom. The van der Waals surface area contributed by atoms with Crippen LogP contribution in [0.4, 0.5) is 0 Å². The number of thiophene rings is 1. The molecule has 4 nitrogen and oxygen atoms in total. The topological polar surface area (TPSA) is 36.4 Å². The second-order valence-electron chi connectivity index (χ2n) is 6.55. The number of rotatable bonds is 6. The largest absolute Gasteiger partial charge is 0.335 e. The maximum atomic E-state index is 12.9. The van der Waals surface area contributed by atoms with Gasteiger partial charge in [0.2, 0.25) is 0 Å². The van der Waals surface area contributed by atoms with Gasteiger partial charge in [-0.2, -0.15) is 0 Å². The van der Waals surface area contributed by atoms with E-state index in [1.54, 1.807) is 11.3 Å². The van der Waals surface area contributed by atoms with Crippen molar-refractivity contribution in [3.8, 4) is 0 Å². The smallest absolute Gasteiger partial charge is 0.264 e. The second kappa shape index (κ2) is 8.59. The Balaban J connectivity index is 1.58. The average molecular weight is 358 g/mol. The highest BCUT2D eigenvalue weighted by atomic mass is 32.1. The van der Waals surface area contributed by atoms with Crippen molar-refractivity contribution in [2.45, 2.75) is 39.7 Å². The summed E-state index contributed by atoms with van der Waals surface area (Å²) in [4.78, 5) is 23.9. The van der Waals surface area contributed by atoms with E-state index in [4.69, 9.17) is 0 Å². The third kappa shape index (κ3) is 4.47. The van der Waals surface area contributed by atoms with E-state index in [1.165, 1.54) is 10.4 Å². The summed E-state index contributed by atoms with van der Waals surface area (Å²) in [6, 6.07) is 8.15. The molecule has 25 heavy (non-hydrogen) atoms. The molecule has 0 atom stereocenters. The zero-order valence-electron chi connectivity index (χ0n) is 15.2. The maximum absolute atomic E-state index is 12.9. The SMILES string of the molecule is CCCc1sc(C(=O)N2CCN(Cc3ccccn3)CC2)cc1CC. The van der Waals surface area contributed by atoms with E-state index in [0.29, 0.717) is 0 Å². The average Bonchev–Trinajstić information content (AvgIpc) is 3.06. The van der Waals surface area contributed by atoms with Gasteiger partial charge in [0.15, 0.2) is 0 Å². The van der Waals surface area contributed by atoms with E-state index in [-0.39, 0.29) is 5.91 Å². The van der Waals surface area contributed by atoms with Gasteiger partial charge < -0.3 is 4.90 Å². The van der Waals surface area contributed by atoms with Crippen LogP contribution in [0, 0.1) is 0 Å². The number of hydrogen-bond acceptors (Lipinski definition) is 4. The normalized spacial score (nSPS) is 15.5. The van der Waals surface area contributed by atoms with Crippen LogP contribution in [0.15, 0.2) is 30.5 Å². The molecule has 3 heterocycles. The molecular formula is C20H27N3OS. The Morgan fingerprint density at radius 1 is 1.20 bits per heavy atom. The van der Waals surface area contributed by atoms with Crippen molar-refractivity contribution in [3.63, 3.8) is 0 Å². The van der Waals surface area contributed by atoms with Gasteiger partial charge >= 0.3 is 0 Å². The summed E-state index contributed by atoms with van der Waals surface area (Å²) in [5.74, 6) is 0.208. The quantitative estimate of drug-likeness (QED) is 0.792. The summed E-state index contributed by atoms with van der Waals surface area (Å²) in [7, 11) is 0. The molecule has 0 aliphatic carbocycles. The molecule has 1 amide bonds. The number of aromatic nitrogens is 1. The van der Waals surface area contributed by atoms with E-state index in [1.807, 2.05) is 23.2 Å². The molecule has 0 N–H and O–H groups in total. The van der Waals surface area contributed by atoms with Gasteiger partial charge in [0.25, 0.3) is 5.91 Å². The number of pyridine rings is 1. The first-order valence-corrected chi connectivity index (χ1v) is 10.1. The number of hydrogen-bond donors (Lipinski definition) is 0. The van der Waals surface area contributed by atoms with Crippen molar-refractivity contribution < 1.29 is 4.79 Å². The minimum absolute atomic E-state index is 0.208. The van der Waals surface area contributed by atoms with E-state index < -0.39 is 0 Å². The Labute approximate surface area is 154 Å². The van der Waals surface area contributed by atoms with E-state index in [2.05, 4.69) is 35.9 Å². The zero-order chi connectivity index (χ0) is 17.6. The van der Waals surface area contributed by atoms with Crippen LogP contribution in [-0.4, -0.2) is 46.9 Å². The minimum atomic E-state index is 0.208. The molecule has 0 unspecified atom stereocenters. The van der Waals surface area contributed by atoms with Crippen molar-refractivity contribution in [1.29, 1.82) is 0 Å². The van der Waals surface area contributed by atoms with Crippen LogP contribution < -0.4 is 0 Å². The molecule has 5 heteroatoms. The summed E-state index contributed by atoms with van der Waals surface area (Å²) >= 11 is 1.70. The molecule has 1 aliphatic rings. The number of nitrogens with zero attached hydrogens (tertiary/aromatic N) is 3. The van der Waals surface area contributed by atoms with Crippen molar-refractivity contribution in [2.24, 2.45) is 0 Å². The molecule has 0 aromatic carbocycles. The molecule has 1 fully saturated rings. The van der Waals surface area contributed by atoms with Crippen LogP contribution in [0.2, 0.25) is 0 Å². The Kier molecular flexibility index (Phi) is 6.21. The number of piperazine rings is 1. The van der Waals surface area contributed by atoms with Crippen LogP contribution in [0.5, 0.6) is 0 Å². The predicted molar refractivity (Wildman–Crippen MR) is 103 cm³/mol. The predicted octanol–water partition coefficient (Wildman–Crippen LogP) is 3.62. The van der Waals surface area contributed by atoms with Crippen LogP contribution in [-0.2, 0) is 19.4 Å². The number of amides is 1. The molecule has 134 valence electrons. The minimum Gasteiger partial charge on any atom is -0.335 e. The molecule has 0 radical (unpaired) electrons. The van der Waals surface area contributed by atoms with Gasteiger partial charge in [0.05, 0.1) is 10.6 Å². The van der Waals surface area contributed by atoms with Crippen molar-refractivity contribution in [2.75, 3.05) is 26.2 Å². The molecule has 1 aliphatic heterocycles. The molecule has 2 aromatic rings. The van der Waals surface area contributed by atoms with Gasteiger partial charge in [0.1, 0.15) is 0 Å². The lowest BCUT2D eigenvalue weighted by Crippen LogP contribution is -2.48. The molecule has 3 rings (SSSR count). The fraction of sp³-hybridized carbons (Fsp3) is 0.500. The Morgan fingerprint density at radius 3 is 2.64 bits per heavy atom. The lowest BCUT2D eigenvalue weighted by molar-refractivity contribution is 0.0631. The summed E-state index contributed by atoms with van der Waals surface area (Å²) in [5.41, 5.74) is 2.45. The van der Waals surface area contributed by atoms with Crippen LogP contribution in [0.25, 0.3) is 0 Å². The second-order valence-corrected chi connectivity index (χ2v) is 7.69. The van der Waals surface area contributed by atoms with E-state index in [0.717, 1.165) is 62.6 Å². The number of carbonyl (C=O) groups excluding carboxylic acids is 1. The summed E-state index contributed by atoms with van der Waals surface area (Å²) in [5, 5.41) is 0. The highest BCUT2D eigenvalue weighted by Crippen LogP contribution is 2.26. The number of carbonyl (C=O) groups is 1. The first kappa shape index (κ1) is 18.1. The van der Waals surface area contributed by atoms with Gasteiger partial charge in [-0.05, 0) is 36.6 Å². The maximum Gasteiger partial charge on any atom is 0.264 e. The van der Waals surface area contributed by atoms with Crippen LogP contribution >= 0.6 is 11.3 Å². The van der Waals surface area contributed by atoms with Gasteiger partial charge in [-0.3, -0.25) is 14.7 Å². The first-order valence-electron chi connectivity index (χ1n) is 9.24. The van der Waals surface area contributed by atoms with E-state index in [9.17, 15) is 4.79 Å². The van der Waals surface area contributed by atoms with Crippen molar-refractivity contribution in [3.05, 3.63) is 51.5 Å². The van der Waals surface area contributed by atoms with Gasteiger partial charge in [-0.25, -0.2) is 0 Å². The molecular weight excluding hydrogens is 330 g/mol. The highest BCUT2D eigenvalue weighted by molar-refractivity contribution is 7.14. The van der Waals surface area contributed by atoms with Gasteiger partial charge in [-0.15, -0.1) is 11.3 Å². The first-order chi connectivity index (χ1) is 12.2. The fourth-order valence-electron chi connectivity index (χ4n) is 3.30. The van der Waals surface area contributed by atoms with Crippen molar-refractivity contribution in [1.82, 2.24) is 14.8 Å². The lowest BCUT2D eigenvalue weighted by atomic mass is 10.1. The van der Waals surface area contributed by atoms with E-state index >= 15 is 0 Å². The third-order valence-corrected chi connectivity index (χ3v) is 5.96. The van der Waals surface area contributed by atoms with Gasteiger partial charge in [-0.1, -0.05) is 26.3 Å². The molecule has 0 bridgehead atoms. The highest BCUT2D eigenvalue weighted by Gasteiger charge is 2.24. The molecule has 2 aromatic heterocycles. The van der Waals surface area contributed by atoms with Crippen LogP contribution in [0.1, 0.15) is 46.1 Å². The summed E-state index contributed by atoms with van der Waals surface area (Å²) in [6.45, 7) is 8.66. The Hall–Kier alpha value is -1.72. The van der Waals surface area contributed by atoms with Crippen LogP contribution in [0.3, 0.4) is 0 Å². The lowest BCUT2D eigenvalue weighted by Gasteiger charge is -2.34. The molecule has 0 saturated carbocycles. The standard InChI is InChI=1S/C20H27N3OS/c1-3-7-18-16(4-2)14-19(25-18)20(24)23-12-10-22(11-13-23)15-17-8-5-6-9-21-17/h5-6,8-9,14H,3-4,7,10-13,15H2,1-2H3. The summed E-state index contributed by atoms with van der Waals surface area (Å²) < 4.78 is 0.